The Morgan fingerprint density at radius 1 is 1.43 bits per heavy atom. The number of amides is 3. The fraction of sp³-hybridized carbons (Fsp3) is 0.778. The van der Waals surface area contributed by atoms with Gasteiger partial charge in [-0.3, -0.25) is 9.69 Å². The lowest BCUT2D eigenvalue weighted by molar-refractivity contribution is -0.125. The van der Waals surface area contributed by atoms with Gasteiger partial charge in [0.15, 0.2) is 0 Å². The van der Waals surface area contributed by atoms with Crippen molar-refractivity contribution in [2.24, 2.45) is 11.1 Å². The molecule has 1 saturated carbocycles. The van der Waals surface area contributed by atoms with Gasteiger partial charge in [0.1, 0.15) is 0 Å². The zero-order chi connectivity index (χ0) is 10.2. The van der Waals surface area contributed by atoms with E-state index in [1.54, 1.807) is 0 Å². The van der Waals surface area contributed by atoms with Crippen LogP contribution >= 0.6 is 0 Å². The molecule has 3 amide bonds. The molecule has 5 heteroatoms. The highest BCUT2D eigenvalue weighted by molar-refractivity contribution is 6.02. The lowest BCUT2D eigenvalue weighted by Gasteiger charge is -2.20. The Hall–Kier alpha value is -1.10. The molecule has 1 saturated heterocycles. The average molecular weight is 197 g/mol. The third-order valence-corrected chi connectivity index (χ3v) is 3.06. The SMILES string of the molecule is NCCC1(CN2C(=O)CNC2=O)CC1. The molecule has 3 N–H and O–H groups in total. The van der Waals surface area contributed by atoms with Crippen LogP contribution < -0.4 is 11.1 Å². The van der Waals surface area contributed by atoms with Gasteiger partial charge >= 0.3 is 6.03 Å². The fourth-order valence-electron chi connectivity index (χ4n) is 1.92. The number of hydrogen-bond acceptors (Lipinski definition) is 3. The summed E-state index contributed by atoms with van der Waals surface area (Å²) in [5.41, 5.74) is 5.64. The van der Waals surface area contributed by atoms with E-state index >= 15 is 0 Å². The number of nitrogens with one attached hydrogen (secondary N) is 1. The summed E-state index contributed by atoms with van der Waals surface area (Å²) in [5, 5.41) is 2.52. The first-order chi connectivity index (χ1) is 6.67. The molecule has 2 rings (SSSR count). The number of nitrogens with two attached hydrogens (primary N) is 1. The molecule has 0 aromatic rings. The van der Waals surface area contributed by atoms with E-state index in [1.165, 1.54) is 4.90 Å². The van der Waals surface area contributed by atoms with Gasteiger partial charge in [0.25, 0.3) is 0 Å². The molecule has 1 heterocycles. The molecule has 14 heavy (non-hydrogen) atoms. The van der Waals surface area contributed by atoms with Gasteiger partial charge in [0.2, 0.25) is 5.91 Å². The second-order valence-corrected chi connectivity index (χ2v) is 4.18. The van der Waals surface area contributed by atoms with Crippen molar-refractivity contribution in [2.75, 3.05) is 19.6 Å². The molecular formula is C9H15N3O2. The predicted octanol–water partition coefficient (Wildman–Crippen LogP) is -0.333. The quantitative estimate of drug-likeness (QED) is 0.606. The number of carbonyl (C=O) groups excluding carboxylic acids is 2. The van der Waals surface area contributed by atoms with E-state index in [0.717, 1.165) is 19.3 Å². The largest absolute Gasteiger partial charge is 0.330 e. The molecule has 0 aromatic heterocycles. The fourth-order valence-corrected chi connectivity index (χ4v) is 1.92. The normalized spacial score (nSPS) is 23.9. The van der Waals surface area contributed by atoms with Crippen LogP contribution in [-0.2, 0) is 4.79 Å². The van der Waals surface area contributed by atoms with Crippen LogP contribution in [0.25, 0.3) is 0 Å². The molecule has 5 nitrogen and oxygen atoms in total. The van der Waals surface area contributed by atoms with E-state index in [1.807, 2.05) is 0 Å². The molecule has 1 aliphatic heterocycles. The van der Waals surface area contributed by atoms with Crippen molar-refractivity contribution in [1.29, 1.82) is 0 Å². The first-order valence-corrected chi connectivity index (χ1v) is 4.95. The van der Waals surface area contributed by atoms with Gasteiger partial charge in [-0.2, -0.15) is 0 Å². The highest BCUT2D eigenvalue weighted by atomic mass is 16.2. The van der Waals surface area contributed by atoms with Crippen LogP contribution in [0.3, 0.4) is 0 Å². The van der Waals surface area contributed by atoms with E-state index in [-0.39, 0.29) is 23.9 Å². The van der Waals surface area contributed by atoms with Crippen molar-refractivity contribution in [3.63, 3.8) is 0 Å². The average Bonchev–Trinajstić information content (AvgIpc) is 2.84. The number of imide groups is 1. The lowest BCUT2D eigenvalue weighted by atomic mass is 10.0. The lowest BCUT2D eigenvalue weighted by Crippen LogP contribution is -2.36. The molecule has 78 valence electrons. The smallest absolute Gasteiger partial charge is 0.324 e. The van der Waals surface area contributed by atoms with E-state index < -0.39 is 0 Å². The second-order valence-electron chi connectivity index (χ2n) is 4.18. The van der Waals surface area contributed by atoms with Crippen LogP contribution in [0.5, 0.6) is 0 Å². The van der Waals surface area contributed by atoms with Crippen molar-refractivity contribution >= 4 is 11.9 Å². The van der Waals surface area contributed by atoms with Gasteiger partial charge < -0.3 is 11.1 Å². The first kappa shape index (κ1) is 9.45. The van der Waals surface area contributed by atoms with Crippen LogP contribution in [0.15, 0.2) is 0 Å². The minimum absolute atomic E-state index is 0.113. The Morgan fingerprint density at radius 3 is 2.57 bits per heavy atom. The number of nitrogens with zero attached hydrogens (tertiary/aromatic N) is 1. The van der Waals surface area contributed by atoms with Gasteiger partial charge in [-0.15, -0.1) is 0 Å². The minimum atomic E-state index is -0.252. The molecule has 0 radical (unpaired) electrons. The number of urea groups is 1. The third-order valence-electron chi connectivity index (χ3n) is 3.06. The molecule has 2 fully saturated rings. The van der Waals surface area contributed by atoms with E-state index in [0.29, 0.717) is 13.1 Å². The summed E-state index contributed by atoms with van der Waals surface area (Å²) in [4.78, 5) is 23.9. The summed E-state index contributed by atoms with van der Waals surface area (Å²) in [5.74, 6) is -0.113. The Kier molecular flexibility index (Phi) is 2.19. The second kappa shape index (κ2) is 3.24. The molecule has 0 atom stereocenters. The summed E-state index contributed by atoms with van der Waals surface area (Å²) < 4.78 is 0. The maximum absolute atomic E-state index is 11.3. The molecule has 0 spiro atoms. The van der Waals surface area contributed by atoms with E-state index in [4.69, 9.17) is 5.73 Å². The van der Waals surface area contributed by atoms with Crippen molar-refractivity contribution in [3.05, 3.63) is 0 Å². The van der Waals surface area contributed by atoms with Gasteiger partial charge in [-0.1, -0.05) is 0 Å². The van der Waals surface area contributed by atoms with Crippen molar-refractivity contribution in [2.45, 2.75) is 19.3 Å². The zero-order valence-electron chi connectivity index (χ0n) is 8.08. The molecule has 0 bridgehead atoms. The van der Waals surface area contributed by atoms with Gasteiger partial charge in [0, 0.05) is 6.54 Å². The minimum Gasteiger partial charge on any atom is -0.330 e. The summed E-state index contributed by atoms with van der Waals surface area (Å²) in [6, 6.07) is -0.252. The Labute approximate surface area is 82.6 Å². The summed E-state index contributed by atoms with van der Waals surface area (Å²) in [7, 11) is 0. The first-order valence-electron chi connectivity index (χ1n) is 4.95. The van der Waals surface area contributed by atoms with Crippen molar-refractivity contribution < 1.29 is 9.59 Å². The number of rotatable bonds is 4. The van der Waals surface area contributed by atoms with Crippen LogP contribution in [0.4, 0.5) is 4.79 Å². The Morgan fingerprint density at radius 2 is 2.14 bits per heavy atom. The Bertz CT molecular complexity index is 257. The van der Waals surface area contributed by atoms with Crippen LogP contribution in [-0.4, -0.2) is 36.5 Å². The third kappa shape index (κ3) is 1.59. The molecular weight excluding hydrogens is 182 g/mol. The van der Waals surface area contributed by atoms with E-state index in [2.05, 4.69) is 5.32 Å². The van der Waals surface area contributed by atoms with Crippen LogP contribution in [0, 0.1) is 5.41 Å². The zero-order valence-corrected chi connectivity index (χ0v) is 8.08. The highest BCUT2D eigenvalue weighted by Crippen LogP contribution is 2.49. The maximum atomic E-state index is 11.3. The predicted molar refractivity (Wildman–Crippen MR) is 50.5 cm³/mol. The maximum Gasteiger partial charge on any atom is 0.324 e. The molecule has 1 aliphatic carbocycles. The monoisotopic (exact) mass is 197 g/mol. The van der Waals surface area contributed by atoms with Gasteiger partial charge in [-0.05, 0) is 31.2 Å². The highest BCUT2D eigenvalue weighted by Gasteiger charge is 2.46. The van der Waals surface area contributed by atoms with Crippen molar-refractivity contribution in [3.8, 4) is 0 Å². The summed E-state index contributed by atoms with van der Waals surface area (Å²) in [6.07, 6.45) is 3.08. The van der Waals surface area contributed by atoms with Crippen LogP contribution in [0.2, 0.25) is 0 Å². The number of hydrogen-bond donors (Lipinski definition) is 2. The number of carbonyl (C=O) groups is 2. The topological polar surface area (TPSA) is 75.4 Å². The summed E-state index contributed by atoms with van der Waals surface area (Å²) >= 11 is 0. The van der Waals surface area contributed by atoms with Gasteiger partial charge in [0.05, 0.1) is 6.54 Å². The molecule has 2 aliphatic rings. The van der Waals surface area contributed by atoms with Crippen molar-refractivity contribution in [1.82, 2.24) is 10.2 Å². The molecule has 0 aromatic carbocycles. The van der Waals surface area contributed by atoms with E-state index in [9.17, 15) is 9.59 Å². The summed E-state index contributed by atoms with van der Waals surface area (Å²) in [6.45, 7) is 1.33. The van der Waals surface area contributed by atoms with Crippen LogP contribution in [0.1, 0.15) is 19.3 Å². The standard InChI is InChI=1S/C9H15N3O2/c10-4-3-9(1-2-9)6-12-7(13)5-11-8(12)14/h1-6,10H2,(H,11,14). The molecule has 0 unspecified atom stereocenters. The Balaban J connectivity index is 1.96. The van der Waals surface area contributed by atoms with Gasteiger partial charge in [-0.25, -0.2) is 4.79 Å².